The molecule has 0 amide bonds. The van der Waals surface area contributed by atoms with Crippen molar-refractivity contribution in [1.29, 1.82) is 0 Å². The number of hydrogen-bond acceptors (Lipinski definition) is 1. The second-order valence-electron chi connectivity index (χ2n) is 10.4. The van der Waals surface area contributed by atoms with Crippen LogP contribution in [0.3, 0.4) is 0 Å². The fourth-order valence-corrected chi connectivity index (χ4v) is 5.46. The van der Waals surface area contributed by atoms with E-state index in [1.807, 2.05) is 0 Å². The molecule has 4 atom stereocenters. The number of rotatable bonds is 7. The molecule has 35 heavy (non-hydrogen) atoms. The van der Waals surface area contributed by atoms with Crippen LogP contribution in [0.1, 0.15) is 74.8 Å². The number of allylic oxidation sites excluding steroid dienone is 6. The second-order valence-corrected chi connectivity index (χ2v) is 10.4. The summed E-state index contributed by atoms with van der Waals surface area (Å²) in [7, 11) is 0. The van der Waals surface area contributed by atoms with Crippen LogP contribution < -0.4 is 5.32 Å². The van der Waals surface area contributed by atoms with Crippen molar-refractivity contribution in [3.05, 3.63) is 117 Å². The maximum absolute atomic E-state index is 3.63. The molecule has 1 aliphatic heterocycles. The summed E-state index contributed by atoms with van der Waals surface area (Å²) in [4.78, 5) is 0. The van der Waals surface area contributed by atoms with E-state index >= 15 is 0 Å². The molecule has 1 N–H and O–H groups in total. The summed E-state index contributed by atoms with van der Waals surface area (Å²) >= 11 is 0. The van der Waals surface area contributed by atoms with Gasteiger partial charge in [-0.15, -0.1) is 0 Å². The Morgan fingerprint density at radius 1 is 1.03 bits per heavy atom. The third-order valence-corrected chi connectivity index (χ3v) is 7.78. The van der Waals surface area contributed by atoms with Crippen LogP contribution in [0, 0.1) is 19.8 Å². The molecule has 1 heterocycles. The Bertz CT molecular complexity index is 1230. The minimum atomic E-state index is 0.334. The zero-order chi connectivity index (χ0) is 25.1. The standard InChI is InChI=1S/C34H41N/c1-8-12-30(25(5)19-28-15-10-9-13-22(28)2)27(7)29-18-17-24(4)31(21-29)26(6)20-32-23(3)14-11-16-33-34(32)35-33/h9-21,27,32-35H,8H2,1-7H3/b25-19+,26-20+,30-12+/t27-,32?,33?,34?/m1/s1. The lowest BCUT2D eigenvalue weighted by atomic mass is 9.84. The zero-order valence-corrected chi connectivity index (χ0v) is 22.5. The van der Waals surface area contributed by atoms with Crippen LogP contribution in [0.5, 0.6) is 0 Å². The van der Waals surface area contributed by atoms with E-state index in [1.54, 1.807) is 0 Å². The Morgan fingerprint density at radius 2 is 1.80 bits per heavy atom. The van der Waals surface area contributed by atoms with Gasteiger partial charge in [-0.25, -0.2) is 0 Å². The number of benzene rings is 2. The molecule has 0 spiro atoms. The normalized spacial score (nSPS) is 23.5. The molecular formula is C34H41N. The van der Waals surface area contributed by atoms with E-state index in [1.165, 1.54) is 50.1 Å². The first-order chi connectivity index (χ1) is 16.8. The summed E-state index contributed by atoms with van der Waals surface area (Å²) in [5.74, 6) is 0.783. The van der Waals surface area contributed by atoms with Crippen molar-refractivity contribution < 1.29 is 0 Å². The third-order valence-electron chi connectivity index (χ3n) is 7.78. The highest BCUT2D eigenvalue weighted by Gasteiger charge is 2.41. The van der Waals surface area contributed by atoms with E-state index in [2.05, 4.69) is 133 Å². The largest absolute Gasteiger partial charge is 0.303 e. The molecule has 0 radical (unpaired) electrons. The van der Waals surface area contributed by atoms with Crippen LogP contribution in [-0.2, 0) is 0 Å². The van der Waals surface area contributed by atoms with E-state index < -0.39 is 0 Å². The highest BCUT2D eigenvalue weighted by atomic mass is 15.1. The number of nitrogens with one attached hydrogen (secondary N) is 1. The minimum absolute atomic E-state index is 0.334. The van der Waals surface area contributed by atoms with Gasteiger partial charge < -0.3 is 5.32 Å². The molecule has 1 aliphatic carbocycles. The van der Waals surface area contributed by atoms with E-state index in [9.17, 15) is 0 Å². The number of hydrogen-bond donors (Lipinski definition) is 1. The van der Waals surface area contributed by atoms with Gasteiger partial charge in [0.2, 0.25) is 0 Å². The summed E-state index contributed by atoms with van der Waals surface area (Å²) in [6, 6.07) is 16.8. The summed E-state index contributed by atoms with van der Waals surface area (Å²) < 4.78 is 0. The molecule has 1 heteroatoms. The quantitative estimate of drug-likeness (QED) is 0.322. The molecule has 3 unspecified atom stereocenters. The van der Waals surface area contributed by atoms with Crippen molar-refractivity contribution in [1.82, 2.24) is 5.32 Å². The average Bonchev–Trinajstić information content (AvgIpc) is 3.62. The SMILES string of the molecule is CC/C=C(\C(C)=C\c1ccccc1C)[C@H](C)c1ccc(C)c(/C(C)=C/C2C(C)=CC=CC3NC32)c1. The van der Waals surface area contributed by atoms with Gasteiger partial charge in [0.25, 0.3) is 0 Å². The highest BCUT2D eigenvalue weighted by molar-refractivity contribution is 5.69. The predicted octanol–water partition coefficient (Wildman–Crippen LogP) is 8.72. The monoisotopic (exact) mass is 463 g/mol. The van der Waals surface area contributed by atoms with Gasteiger partial charge in [0.1, 0.15) is 0 Å². The lowest BCUT2D eigenvalue weighted by molar-refractivity contribution is 0.730. The fourth-order valence-electron chi connectivity index (χ4n) is 5.46. The smallest absolute Gasteiger partial charge is 0.0420 e. The first-order valence-corrected chi connectivity index (χ1v) is 13.1. The van der Waals surface area contributed by atoms with Crippen LogP contribution in [0.25, 0.3) is 11.6 Å². The van der Waals surface area contributed by atoms with Crippen molar-refractivity contribution in [2.45, 2.75) is 72.9 Å². The summed E-state index contributed by atoms with van der Waals surface area (Å²) in [6.45, 7) is 15.8. The van der Waals surface area contributed by atoms with Gasteiger partial charge in [-0.2, -0.15) is 0 Å². The zero-order valence-electron chi connectivity index (χ0n) is 22.5. The van der Waals surface area contributed by atoms with Crippen LogP contribution in [0.15, 0.2) is 89.6 Å². The van der Waals surface area contributed by atoms with Crippen LogP contribution in [0.4, 0.5) is 0 Å². The molecule has 0 bridgehead atoms. The van der Waals surface area contributed by atoms with Gasteiger partial charge >= 0.3 is 0 Å². The molecule has 2 aromatic carbocycles. The molecule has 1 saturated heterocycles. The molecular weight excluding hydrogens is 422 g/mol. The van der Waals surface area contributed by atoms with E-state index in [0.717, 1.165) is 6.42 Å². The Morgan fingerprint density at radius 3 is 2.54 bits per heavy atom. The van der Waals surface area contributed by atoms with Gasteiger partial charge in [0, 0.05) is 23.9 Å². The van der Waals surface area contributed by atoms with Crippen LogP contribution in [-0.4, -0.2) is 12.1 Å². The molecule has 182 valence electrons. The molecule has 2 aromatic rings. The van der Waals surface area contributed by atoms with Gasteiger partial charge in [-0.1, -0.05) is 98.3 Å². The van der Waals surface area contributed by atoms with Gasteiger partial charge in [0.05, 0.1) is 0 Å². The Hall–Kier alpha value is -2.90. The number of fused-ring (bicyclic) bond motifs is 1. The molecule has 2 aliphatic rings. The van der Waals surface area contributed by atoms with E-state index in [4.69, 9.17) is 0 Å². The van der Waals surface area contributed by atoms with Crippen molar-refractivity contribution in [2.75, 3.05) is 0 Å². The maximum atomic E-state index is 3.63. The van der Waals surface area contributed by atoms with Gasteiger partial charge in [-0.05, 0) is 85.6 Å². The lowest BCUT2D eigenvalue weighted by Gasteiger charge is -2.21. The lowest BCUT2D eigenvalue weighted by Crippen LogP contribution is -2.11. The predicted molar refractivity (Wildman–Crippen MR) is 154 cm³/mol. The Kier molecular flexibility index (Phi) is 7.77. The molecule has 1 nitrogen and oxygen atoms in total. The Balaban J connectivity index is 1.65. The van der Waals surface area contributed by atoms with Crippen molar-refractivity contribution >= 4 is 11.6 Å². The van der Waals surface area contributed by atoms with E-state index in [0.29, 0.717) is 23.9 Å². The van der Waals surface area contributed by atoms with Crippen LogP contribution >= 0.6 is 0 Å². The molecule has 4 rings (SSSR count). The average molecular weight is 464 g/mol. The summed E-state index contributed by atoms with van der Waals surface area (Å²) in [5, 5.41) is 3.63. The molecule has 0 saturated carbocycles. The van der Waals surface area contributed by atoms with Crippen molar-refractivity contribution in [3.8, 4) is 0 Å². The van der Waals surface area contributed by atoms with Crippen LogP contribution in [0.2, 0.25) is 0 Å². The first kappa shape index (κ1) is 25.2. The number of aryl methyl sites for hydroxylation is 2. The topological polar surface area (TPSA) is 21.9 Å². The second kappa shape index (κ2) is 10.8. The maximum Gasteiger partial charge on any atom is 0.0420 e. The highest BCUT2D eigenvalue weighted by Crippen LogP contribution is 2.36. The first-order valence-electron chi connectivity index (χ1n) is 13.1. The van der Waals surface area contributed by atoms with E-state index in [-0.39, 0.29) is 0 Å². The Labute approximate surface area is 213 Å². The molecule has 1 fully saturated rings. The minimum Gasteiger partial charge on any atom is -0.303 e. The van der Waals surface area contributed by atoms with Gasteiger partial charge in [-0.3, -0.25) is 0 Å². The summed E-state index contributed by atoms with van der Waals surface area (Å²) in [5.41, 5.74) is 12.3. The molecule has 0 aromatic heterocycles. The summed E-state index contributed by atoms with van der Waals surface area (Å²) in [6.07, 6.45) is 15.0. The van der Waals surface area contributed by atoms with Crippen molar-refractivity contribution in [3.63, 3.8) is 0 Å². The third kappa shape index (κ3) is 5.68. The van der Waals surface area contributed by atoms with Gasteiger partial charge in [0.15, 0.2) is 0 Å². The van der Waals surface area contributed by atoms with Crippen molar-refractivity contribution in [2.24, 2.45) is 5.92 Å². The fraction of sp³-hybridized carbons (Fsp3) is 0.353.